The van der Waals surface area contributed by atoms with Gasteiger partial charge in [-0.2, -0.15) is 0 Å². The Morgan fingerprint density at radius 2 is 2.41 bits per heavy atom. The fraction of sp³-hybridized carbons (Fsp3) is 0.636. The number of piperazine rings is 1. The van der Waals surface area contributed by atoms with Crippen LogP contribution in [0.5, 0.6) is 0 Å². The molecule has 3 N–H and O–H groups in total. The first kappa shape index (κ1) is 12.1. The second-order valence-corrected chi connectivity index (χ2v) is 4.31. The van der Waals surface area contributed by atoms with Crippen molar-refractivity contribution in [2.45, 2.75) is 19.0 Å². The zero-order chi connectivity index (χ0) is 12.1. The molecule has 1 aliphatic rings. The molecule has 1 unspecified atom stereocenters. The number of nitrogens with zero attached hydrogens (tertiary/aromatic N) is 3. The zero-order valence-electron chi connectivity index (χ0n) is 9.88. The van der Waals surface area contributed by atoms with Crippen LogP contribution in [0.1, 0.15) is 6.42 Å². The van der Waals surface area contributed by atoms with Gasteiger partial charge in [0.15, 0.2) is 0 Å². The zero-order valence-corrected chi connectivity index (χ0v) is 9.88. The molecule has 17 heavy (non-hydrogen) atoms. The average Bonchev–Trinajstić information content (AvgIpc) is 2.82. The van der Waals surface area contributed by atoms with Crippen molar-refractivity contribution in [3.8, 4) is 0 Å². The van der Waals surface area contributed by atoms with E-state index in [-0.39, 0.29) is 11.9 Å². The summed E-state index contributed by atoms with van der Waals surface area (Å²) in [6.07, 6.45) is 6.53. The normalized spacial score (nSPS) is 21.5. The Balaban J connectivity index is 1.78. The van der Waals surface area contributed by atoms with Crippen LogP contribution in [-0.2, 0) is 11.3 Å². The number of nitrogens with one attached hydrogen (secondary N) is 1. The van der Waals surface area contributed by atoms with Gasteiger partial charge in [-0.25, -0.2) is 4.98 Å². The molecule has 2 heterocycles. The van der Waals surface area contributed by atoms with E-state index in [1.807, 2.05) is 17.1 Å². The molecule has 6 nitrogen and oxygen atoms in total. The van der Waals surface area contributed by atoms with Crippen LogP contribution in [0.15, 0.2) is 18.7 Å². The van der Waals surface area contributed by atoms with Gasteiger partial charge in [-0.15, -0.1) is 0 Å². The van der Waals surface area contributed by atoms with E-state index in [0.29, 0.717) is 6.54 Å². The molecule has 0 aliphatic carbocycles. The summed E-state index contributed by atoms with van der Waals surface area (Å²) in [5, 5.41) is 3.19. The molecule has 1 fully saturated rings. The molecule has 1 saturated heterocycles. The standard InChI is InChI=1S/C11H19N5O/c12-11(17)10-8-13-3-7-16(10)5-1-4-15-6-2-14-9-15/h2,6,9-10,13H,1,3-5,7-8H2,(H2,12,17). The smallest absolute Gasteiger partial charge is 0.236 e. The number of hydrogen-bond acceptors (Lipinski definition) is 4. The summed E-state index contributed by atoms with van der Waals surface area (Å²) in [5.74, 6) is -0.236. The van der Waals surface area contributed by atoms with Gasteiger partial charge in [0, 0.05) is 45.1 Å². The maximum absolute atomic E-state index is 11.3. The van der Waals surface area contributed by atoms with Crippen molar-refractivity contribution in [3.63, 3.8) is 0 Å². The molecule has 1 atom stereocenters. The molecule has 1 amide bonds. The summed E-state index contributed by atoms with van der Waals surface area (Å²) in [7, 11) is 0. The van der Waals surface area contributed by atoms with Crippen LogP contribution < -0.4 is 11.1 Å². The highest BCUT2D eigenvalue weighted by Gasteiger charge is 2.25. The van der Waals surface area contributed by atoms with Gasteiger partial charge in [0.25, 0.3) is 0 Å². The second-order valence-electron chi connectivity index (χ2n) is 4.31. The number of carbonyl (C=O) groups excluding carboxylic acids is 1. The highest BCUT2D eigenvalue weighted by Crippen LogP contribution is 2.04. The maximum Gasteiger partial charge on any atom is 0.236 e. The van der Waals surface area contributed by atoms with E-state index in [9.17, 15) is 4.79 Å². The van der Waals surface area contributed by atoms with Crippen molar-refractivity contribution in [1.82, 2.24) is 19.8 Å². The van der Waals surface area contributed by atoms with Crippen molar-refractivity contribution < 1.29 is 4.79 Å². The Bertz CT molecular complexity index is 351. The number of rotatable bonds is 5. The van der Waals surface area contributed by atoms with E-state index in [4.69, 9.17) is 5.73 Å². The lowest BCUT2D eigenvalue weighted by Gasteiger charge is -2.34. The number of nitrogens with two attached hydrogens (primary N) is 1. The summed E-state index contributed by atoms with van der Waals surface area (Å²) in [6, 6.07) is -0.161. The number of hydrogen-bond donors (Lipinski definition) is 2. The van der Waals surface area contributed by atoms with Gasteiger partial charge in [0.05, 0.1) is 6.33 Å². The van der Waals surface area contributed by atoms with Crippen LogP contribution in [0.3, 0.4) is 0 Å². The highest BCUT2D eigenvalue weighted by molar-refractivity contribution is 5.80. The van der Waals surface area contributed by atoms with Gasteiger partial charge in [-0.1, -0.05) is 0 Å². The lowest BCUT2D eigenvalue weighted by Crippen LogP contribution is -2.57. The summed E-state index contributed by atoms with van der Waals surface area (Å²) in [6.45, 7) is 4.30. The van der Waals surface area contributed by atoms with Crippen molar-refractivity contribution in [3.05, 3.63) is 18.7 Å². The minimum atomic E-state index is -0.236. The summed E-state index contributed by atoms with van der Waals surface area (Å²) in [4.78, 5) is 17.4. The Hall–Kier alpha value is -1.40. The molecular weight excluding hydrogens is 218 g/mol. The highest BCUT2D eigenvalue weighted by atomic mass is 16.1. The van der Waals surface area contributed by atoms with Crippen molar-refractivity contribution >= 4 is 5.91 Å². The van der Waals surface area contributed by atoms with Crippen molar-refractivity contribution in [1.29, 1.82) is 0 Å². The molecule has 0 spiro atoms. The average molecular weight is 237 g/mol. The molecule has 2 rings (SSSR count). The summed E-state index contributed by atoms with van der Waals surface area (Å²) >= 11 is 0. The Kier molecular flexibility index (Phi) is 4.11. The number of carbonyl (C=O) groups is 1. The lowest BCUT2D eigenvalue weighted by molar-refractivity contribution is -0.123. The molecule has 0 saturated carbocycles. The van der Waals surface area contributed by atoms with E-state index >= 15 is 0 Å². The van der Waals surface area contributed by atoms with Crippen LogP contribution in [-0.4, -0.2) is 52.6 Å². The van der Waals surface area contributed by atoms with Crippen LogP contribution in [0.25, 0.3) is 0 Å². The van der Waals surface area contributed by atoms with Gasteiger partial charge < -0.3 is 15.6 Å². The van der Waals surface area contributed by atoms with E-state index in [0.717, 1.165) is 32.6 Å². The Morgan fingerprint density at radius 1 is 1.53 bits per heavy atom. The predicted octanol–water partition coefficient (Wildman–Crippen LogP) is -0.968. The Morgan fingerprint density at radius 3 is 3.12 bits per heavy atom. The third kappa shape index (κ3) is 3.28. The number of aromatic nitrogens is 2. The summed E-state index contributed by atoms with van der Waals surface area (Å²) in [5.41, 5.74) is 5.39. The largest absolute Gasteiger partial charge is 0.368 e. The quantitative estimate of drug-likeness (QED) is 0.691. The van der Waals surface area contributed by atoms with Crippen LogP contribution in [0.4, 0.5) is 0 Å². The van der Waals surface area contributed by atoms with Crippen LogP contribution >= 0.6 is 0 Å². The minimum Gasteiger partial charge on any atom is -0.368 e. The molecule has 1 aromatic rings. The van der Waals surface area contributed by atoms with Crippen LogP contribution in [0, 0.1) is 0 Å². The minimum absolute atomic E-state index is 0.161. The van der Waals surface area contributed by atoms with Gasteiger partial charge >= 0.3 is 0 Å². The van der Waals surface area contributed by atoms with E-state index in [2.05, 4.69) is 15.2 Å². The summed E-state index contributed by atoms with van der Waals surface area (Å²) < 4.78 is 2.04. The number of aryl methyl sites for hydroxylation is 1. The Labute approximate surface area is 101 Å². The van der Waals surface area contributed by atoms with E-state index < -0.39 is 0 Å². The third-order valence-corrected chi connectivity index (χ3v) is 3.10. The predicted molar refractivity (Wildman–Crippen MR) is 64.3 cm³/mol. The third-order valence-electron chi connectivity index (χ3n) is 3.10. The number of amides is 1. The monoisotopic (exact) mass is 237 g/mol. The molecule has 1 aliphatic heterocycles. The topological polar surface area (TPSA) is 76.2 Å². The van der Waals surface area contributed by atoms with Gasteiger partial charge in [0.2, 0.25) is 5.91 Å². The second kappa shape index (κ2) is 5.79. The molecule has 6 heteroatoms. The first-order valence-electron chi connectivity index (χ1n) is 5.97. The van der Waals surface area contributed by atoms with Crippen molar-refractivity contribution in [2.24, 2.45) is 5.73 Å². The fourth-order valence-electron chi connectivity index (χ4n) is 2.17. The first-order chi connectivity index (χ1) is 8.27. The van der Waals surface area contributed by atoms with Gasteiger partial charge in [0.1, 0.15) is 6.04 Å². The first-order valence-corrected chi connectivity index (χ1v) is 5.97. The fourth-order valence-corrected chi connectivity index (χ4v) is 2.17. The van der Waals surface area contributed by atoms with Crippen molar-refractivity contribution in [2.75, 3.05) is 26.2 Å². The van der Waals surface area contributed by atoms with Gasteiger partial charge in [-0.3, -0.25) is 9.69 Å². The molecular formula is C11H19N5O. The SMILES string of the molecule is NC(=O)C1CNCCN1CCCn1ccnc1. The van der Waals surface area contributed by atoms with Crippen LogP contribution in [0.2, 0.25) is 0 Å². The van der Waals surface area contributed by atoms with Gasteiger partial charge in [-0.05, 0) is 6.42 Å². The molecule has 0 aromatic carbocycles. The molecule has 94 valence electrons. The molecule has 1 aromatic heterocycles. The molecule has 0 bridgehead atoms. The lowest BCUT2D eigenvalue weighted by atomic mass is 10.1. The van der Waals surface area contributed by atoms with E-state index in [1.54, 1.807) is 6.20 Å². The van der Waals surface area contributed by atoms with E-state index in [1.165, 1.54) is 0 Å². The maximum atomic E-state index is 11.3. The number of imidazole rings is 1. The molecule has 0 radical (unpaired) electrons. The number of primary amides is 1.